The molecule has 1 aliphatic heterocycles. The van der Waals surface area contributed by atoms with E-state index in [0.717, 1.165) is 22.4 Å². The van der Waals surface area contributed by atoms with Crippen LogP contribution >= 0.6 is 11.3 Å². The molecule has 0 radical (unpaired) electrons. The van der Waals surface area contributed by atoms with E-state index in [4.69, 9.17) is 4.74 Å². The van der Waals surface area contributed by atoms with Crippen molar-refractivity contribution in [2.24, 2.45) is 0 Å². The molecule has 9 heteroatoms. The van der Waals surface area contributed by atoms with Gasteiger partial charge < -0.3 is 20.4 Å². The van der Waals surface area contributed by atoms with Crippen molar-refractivity contribution in [1.29, 1.82) is 0 Å². The summed E-state index contributed by atoms with van der Waals surface area (Å²) in [5.74, 6) is -0.121. The van der Waals surface area contributed by atoms with E-state index in [0.29, 0.717) is 21.7 Å². The highest BCUT2D eigenvalue weighted by atomic mass is 32.1. The largest absolute Gasteiger partial charge is 0.482 e. The van der Waals surface area contributed by atoms with Crippen LogP contribution in [-0.2, 0) is 17.8 Å². The van der Waals surface area contributed by atoms with Crippen molar-refractivity contribution in [3.05, 3.63) is 50.4 Å². The Balaban J connectivity index is 1.54. The fraction of sp³-hybridized carbons (Fsp3) is 0.263. The van der Waals surface area contributed by atoms with Crippen molar-refractivity contribution in [3.63, 3.8) is 0 Å². The minimum Gasteiger partial charge on any atom is -0.482 e. The molecule has 8 nitrogen and oxygen atoms in total. The standard InChI is InChI=1S/C19H18N4O4S/c1-3-11-9(2)28-19-15(11)17(25)22-16(23-19)18(26)20-7-10-4-5-13-12(6-10)21-14(24)8-27-13/h4-6H,3,7-8H2,1-2H3,(H,20,26)(H,21,24)(H,22,23,25). The molecule has 3 aromatic rings. The van der Waals surface area contributed by atoms with E-state index in [1.165, 1.54) is 11.3 Å². The predicted octanol–water partition coefficient (Wildman–Crippen LogP) is 2.12. The van der Waals surface area contributed by atoms with Gasteiger partial charge in [-0.1, -0.05) is 13.0 Å². The Morgan fingerprint density at radius 3 is 2.96 bits per heavy atom. The van der Waals surface area contributed by atoms with Crippen LogP contribution in [0.15, 0.2) is 23.0 Å². The smallest absolute Gasteiger partial charge is 0.287 e. The summed E-state index contributed by atoms with van der Waals surface area (Å²) in [6.45, 7) is 4.14. The second kappa shape index (κ2) is 7.08. The number of aryl methyl sites for hydroxylation is 2. The monoisotopic (exact) mass is 398 g/mol. The molecule has 3 N–H and O–H groups in total. The van der Waals surface area contributed by atoms with Gasteiger partial charge in [0.2, 0.25) is 5.82 Å². The van der Waals surface area contributed by atoms with Gasteiger partial charge in [0.1, 0.15) is 10.6 Å². The lowest BCUT2D eigenvalue weighted by atomic mass is 10.1. The Morgan fingerprint density at radius 2 is 2.18 bits per heavy atom. The number of thiophene rings is 1. The molecule has 0 unspecified atom stereocenters. The van der Waals surface area contributed by atoms with Crippen molar-refractivity contribution in [3.8, 4) is 5.75 Å². The van der Waals surface area contributed by atoms with E-state index in [2.05, 4.69) is 20.6 Å². The van der Waals surface area contributed by atoms with Crippen molar-refractivity contribution >= 4 is 39.1 Å². The van der Waals surface area contributed by atoms with Gasteiger partial charge in [-0.05, 0) is 36.6 Å². The van der Waals surface area contributed by atoms with Gasteiger partial charge in [-0.15, -0.1) is 11.3 Å². The SMILES string of the molecule is CCc1c(C)sc2nc(C(=O)NCc3ccc4c(c3)NC(=O)CO4)[nH]c(=O)c12. The minimum absolute atomic E-state index is 0.00741. The summed E-state index contributed by atoms with van der Waals surface area (Å²) in [4.78, 5) is 44.9. The first kappa shape index (κ1) is 18.2. The summed E-state index contributed by atoms with van der Waals surface area (Å²) in [6, 6.07) is 5.28. The van der Waals surface area contributed by atoms with Gasteiger partial charge >= 0.3 is 0 Å². The number of anilines is 1. The number of hydrogen-bond donors (Lipinski definition) is 3. The number of aromatic nitrogens is 2. The van der Waals surface area contributed by atoms with E-state index in [-0.39, 0.29) is 30.4 Å². The fourth-order valence-electron chi connectivity index (χ4n) is 3.21. The second-order valence-electron chi connectivity index (χ2n) is 6.44. The Morgan fingerprint density at radius 1 is 1.36 bits per heavy atom. The van der Waals surface area contributed by atoms with Crippen LogP contribution in [0.1, 0.15) is 33.5 Å². The number of fused-ring (bicyclic) bond motifs is 2. The number of carbonyl (C=O) groups excluding carboxylic acids is 2. The first-order valence-corrected chi connectivity index (χ1v) is 9.64. The molecule has 1 aromatic carbocycles. The number of benzene rings is 1. The Bertz CT molecular complexity index is 1160. The zero-order chi connectivity index (χ0) is 19.8. The summed E-state index contributed by atoms with van der Waals surface area (Å²) < 4.78 is 5.31. The summed E-state index contributed by atoms with van der Waals surface area (Å²) >= 11 is 1.41. The molecule has 0 aliphatic carbocycles. The highest BCUT2D eigenvalue weighted by molar-refractivity contribution is 7.18. The third-order valence-corrected chi connectivity index (χ3v) is 5.60. The number of hydrogen-bond acceptors (Lipinski definition) is 6. The summed E-state index contributed by atoms with van der Waals surface area (Å²) in [6.07, 6.45) is 0.737. The van der Waals surface area contributed by atoms with E-state index in [9.17, 15) is 14.4 Å². The number of ether oxygens (including phenoxy) is 1. The fourth-order valence-corrected chi connectivity index (χ4v) is 4.33. The Kier molecular flexibility index (Phi) is 4.60. The lowest BCUT2D eigenvalue weighted by molar-refractivity contribution is -0.118. The van der Waals surface area contributed by atoms with Crippen molar-refractivity contribution in [1.82, 2.24) is 15.3 Å². The zero-order valence-corrected chi connectivity index (χ0v) is 16.2. The van der Waals surface area contributed by atoms with Gasteiger partial charge in [0.05, 0.1) is 11.1 Å². The first-order chi connectivity index (χ1) is 13.5. The number of rotatable bonds is 4. The van der Waals surface area contributed by atoms with Gasteiger partial charge in [0.25, 0.3) is 17.4 Å². The van der Waals surface area contributed by atoms with E-state index < -0.39 is 5.91 Å². The van der Waals surface area contributed by atoms with E-state index in [1.807, 2.05) is 13.8 Å². The Labute approximate surface area is 163 Å². The van der Waals surface area contributed by atoms with E-state index >= 15 is 0 Å². The normalized spacial score (nSPS) is 13.0. The average Bonchev–Trinajstić information content (AvgIpc) is 3.01. The van der Waals surface area contributed by atoms with Crippen molar-refractivity contribution in [2.75, 3.05) is 11.9 Å². The second-order valence-corrected chi connectivity index (χ2v) is 7.64. The van der Waals surface area contributed by atoms with Crippen LogP contribution in [0.5, 0.6) is 5.75 Å². The molecule has 144 valence electrons. The molecule has 0 fully saturated rings. The van der Waals surface area contributed by atoms with Gasteiger partial charge in [0.15, 0.2) is 6.61 Å². The minimum atomic E-state index is -0.471. The molecule has 2 aromatic heterocycles. The van der Waals surface area contributed by atoms with Crippen LogP contribution in [0, 0.1) is 6.92 Å². The molecule has 1 aliphatic rings. The molecule has 2 amide bonds. The molecule has 28 heavy (non-hydrogen) atoms. The summed E-state index contributed by atoms with van der Waals surface area (Å²) in [5, 5.41) is 6.03. The molecule has 0 spiro atoms. The summed E-state index contributed by atoms with van der Waals surface area (Å²) in [5.41, 5.74) is 2.02. The Hall–Kier alpha value is -3.20. The number of H-pyrrole nitrogens is 1. The lowest BCUT2D eigenvalue weighted by Crippen LogP contribution is -2.28. The zero-order valence-electron chi connectivity index (χ0n) is 15.3. The molecular weight excluding hydrogens is 380 g/mol. The van der Waals surface area contributed by atoms with Crippen LogP contribution in [-0.4, -0.2) is 28.4 Å². The number of carbonyl (C=O) groups is 2. The maximum absolute atomic E-state index is 12.5. The lowest BCUT2D eigenvalue weighted by Gasteiger charge is -2.18. The van der Waals surface area contributed by atoms with Gasteiger partial charge in [-0.2, -0.15) is 0 Å². The maximum atomic E-state index is 12.5. The quantitative estimate of drug-likeness (QED) is 0.623. The highest BCUT2D eigenvalue weighted by Crippen LogP contribution is 2.29. The molecule has 3 heterocycles. The molecule has 0 saturated heterocycles. The van der Waals surface area contributed by atoms with Crippen LogP contribution in [0.2, 0.25) is 0 Å². The molecular formula is C19H18N4O4S. The number of nitrogens with one attached hydrogen (secondary N) is 3. The highest BCUT2D eigenvalue weighted by Gasteiger charge is 2.18. The third kappa shape index (κ3) is 3.24. The van der Waals surface area contributed by atoms with Crippen LogP contribution in [0.25, 0.3) is 10.2 Å². The van der Waals surface area contributed by atoms with Gasteiger partial charge in [0, 0.05) is 11.4 Å². The summed E-state index contributed by atoms with van der Waals surface area (Å²) in [7, 11) is 0. The van der Waals surface area contributed by atoms with Crippen LogP contribution in [0.3, 0.4) is 0 Å². The van der Waals surface area contributed by atoms with Crippen molar-refractivity contribution < 1.29 is 14.3 Å². The number of amides is 2. The van der Waals surface area contributed by atoms with Gasteiger partial charge in [-0.25, -0.2) is 4.98 Å². The maximum Gasteiger partial charge on any atom is 0.287 e. The molecule has 0 atom stereocenters. The van der Waals surface area contributed by atoms with Crippen LogP contribution < -0.4 is 20.9 Å². The number of nitrogens with zero attached hydrogens (tertiary/aromatic N) is 1. The van der Waals surface area contributed by atoms with Crippen molar-refractivity contribution in [2.45, 2.75) is 26.8 Å². The van der Waals surface area contributed by atoms with Crippen LogP contribution in [0.4, 0.5) is 5.69 Å². The molecule has 4 rings (SSSR count). The number of aromatic amines is 1. The topological polar surface area (TPSA) is 113 Å². The molecule has 0 saturated carbocycles. The average molecular weight is 398 g/mol. The van der Waals surface area contributed by atoms with E-state index in [1.54, 1.807) is 18.2 Å². The third-order valence-electron chi connectivity index (χ3n) is 4.56. The first-order valence-electron chi connectivity index (χ1n) is 8.82. The molecule has 0 bridgehead atoms. The van der Waals surface area contributed by atoms with Gasteiger partial charge in [-0.3, -0.25) is 14.4 Å². The predicted molar refractivity (Wildman–Crippen MR) is 106 cm³/mol.